The van der Waals surface area contributed by atoms with Crippen LogP contribution in [0.15, 0.2) is 307 Å². The van der Waals surface area contributed by atoms with Crippen LogP contribution >= 0.6 is 0 Å². The number of benzene rings is 1. The summed E-state index contributed by atoms with van der Waals surface area (Å²) in [5, 5.41) is 0. The van der Waals surface area contributed by atoms with Crippen LogP contribution in [0.1, 0.15) is 185 Å². The highest BCUT2D eigenvalue weighted by atomic mass is 15.2. The van der Waals surface area contributed by atoms with Crippen molar-refractivity contribution in [1.82, 2.24) is 14.7 Å². The minimum absolute atomic E-state index is 0.332. The van der Waals surface area contributed by atoms with Crippen LogP contribution in [0.4, 0.5) is 0 Å². The van der Waals surface area contributed by atoms with Crippen LogP contribution < -0.4 is 0 Å². The van der Waals surface area contributed by atoms with Gasteiger partial charge in [-0.1, -0.05) is 258 Å². The van der Waals surface area contributed by atoms with E-state index in [-0.39, 0.29) is 0 Å². The van der Waals surface area contributed by atoms with E-state index < -0.39 is 0 Å². The van der Waals surface area contributed by atoms with Crippen molar-refractivity contribution in [3.8, 4) is 0 Å². The van der Waals surface area contributed by atoms with Gasteiger partial charge < -0.3 is 9.80 Å². The lowest BCUT2D eigenvalue weighted by molar-refractivity contribution is 0.0396. The molecule has 3 nitrogen and oxygen atoms in total. The molecular weight excluding hydrogens is 1160 g/mol. The highest BCUT2D eigenvalue weighted by Crippen LogP contribution is 2.45. The van der Waals surface area contributed by atoms with Crippen LogP contribution in [-0.4, -0.2) is 51.5 Å². The number of allylic oxidation sites excluding steroid dienone is 35. The van der Waals surface area contributed by atoms with Crippen molar-refractivity contribution in [3.05, 3.63) is 318 Å². The number of nitrogens with zero attached hydrogens (tertiary/aromatic N) is 3. The van der Waals surface area contributed by atoms with Crippen LogP contribution in [-0.2, 0) is 6.42 Å². The Morgan fingerprint density at radius 1 is 0.562 bits per heavy atom. The van der Waals surface area contributed by atoms with E-state index in [0.717, 1.165) is 119 Å². The Labute approximate surface area is 581 Å². The molecule has 12 aliphatic rings. The van der Waals surface area contributed by atoms with Gasteiger partial charge in [-0.25, -0.2) is 0 Å². The lowest BCUT2D eigenvalue weighted by Gasteiger charge is -2.48. The van der Waals surface area contributed by atoms with Crippen LogP contribution in [0.5, 0.6) is 0 Å². The van der Waals surface area contributed by atoms with Gasteiger partial charge in [-0.05, 0) is 258 Å². The van der Waals surface area contributed by atoms with Crippen LogP contribution in [0, 0.1) is 29.6 Å². The number of hydrogen-bond acceptors (Lipinski definition) is 3. The Kier molecular flexibility index (Phi) is 25.1. The zero-order chi connectivity index (χ0) is 65.7. The minimum atomic E-state index is 0.332. The fraction of sp³-hybridized carbons (Fsp3) is 0.419. The second-order valence-electron chi connectivity index (χ2n) is 29.3. The van der Waals surface area contributed by atoms with E-state index in [1.165, 1.54) is 159 Å². The second kappa shape index (κ2) is 35.2. The molecule has 0 spiro atoms. The number of fused-ring (bicyclic) bond motifs is 1. The van der Waals surface area contributed by atoms with Crippen LogP contribution in [0.2, 0.25) is 0 Å². The SMILES string of the molecule is C/C=C\C=C/CN(C1CCC(C2=CC=CCC2)CC1)C1CCCC2CCC=CC21.C=C/C=C\C=C\N(C1=CC=C(C2=CC=C(N(C3C=CC(C4=CCC(Cc5ccc(/C(C=C)=C/C=C)cc5)C=C4)=CC3)C3C=CC(C4CCCCC4)=CC3)CC2)CC1)C1CC=CC2=C1C=CCC2. The quantitative estimate of drug-likeness (QED) is 0.0846. The highest BCUT2D eigenvalue weighted by Gasteiger charge is 2.40. The van der Waals surface area contributed by atoms with Crippen molar-refractivity contribution in [3.63, 3.8) is 0 Å². The summed E-state index contributed by atoms with van der Waals surface area (Å²) < 4.78 is 0. The van der Waals surface area contributed by atoms with Crippen LogP contribution in [0.25, 0.3) is 5.57 Å². The maximum Gasteiger partial charge on any atom is 0.0619 e. The third-order valence-electron chi connectivity index (χ3n) is 23.4. The third kappa shape index (κ3) is 17.6. The Hall–Kier alpha value is -7.46. The van der Waals surface area contributed by atoms with Gasteiger partial charge >= 0.3 is 0 Å². The molecule has 0 aromatic heterocycles. The smallest absolute Gasteiger partial charge is 0.0619 e. The molecule has 0 bridgehead atoms. The van der Waals surface area contributed by atoms with E-state index in [2.05, 4.69) is 242 Å². The first-order valence-corrected chi connectivity index (χ1v) is 38.1. The summed E-state index contributed by atoms with van der Waals surface area (Å²) in [5.41, 5.74) is 18.6. The van der Waals surface area contributed by atoms with Gasteiger partial charge in [0.15, 0.2) is 0 Å². The fourth-order valence-electron chi connectivity index (χ4n) is 18.2. The molecule has 0 aliphatic heterocycles. The molecule has 0 radical (unpaired) electrons. The van der Waals surface area contributed by atoms with E-state index in [9.17, 15) is 0 Å². The highest BCUT2D eigenvalue weighted by molar-refractivity contribution is 5.74. The number of hydrogen-bond donors (Lipinski definition) is 0. The molecule has 1 aromatic carbocycles. The van der Waals surface area contributed by atoms with Crippen molar-refractivity contribution < 1.29 is 0 Å². The zero-order valence-corrected chi connectivity index (χ0v) is 58.5. The van der Waals surface area contributed by atoms with Gasteiger partial charge in [0.25, 0.3) is 0 Å². The Balaban J connectivity index is 0.000000252. The monoisotopic (exact) mass is 1270 g/mol. The second-order valence-corrected chi connectivity index (χ2v) is 29.3. The molecule has 0 saturated heterocycles. The summed E-state index contributed by atoms with van der Waals surface area (Å²) in [6, 6.07) is 11.5. The summed E-state index contributed by atoms with van der Waals surface area (Å²) in [7, 11) is 0. The van der Waals surface area contributed by atoms with Crippen molar-refractivity contribution in [2.24, 2.45) is 29.6 Å². The average molecular weight is 1270 g/mol. The first-order chi connectivity index (χ1) is 47.4. The minimum Gasteiger partial charge on any atom is -0.361 e. The summed E-state index contributed by atoms with van der Waals surface area (Å²) >= 11 is 0. The maximum atomic E-state index is 3.97. The molecule has 500 valence electrons. The van der Waals surface area contributed by atoms with Gasteiger partial charge in [0, 0.05) is 36.2 Å². The predicted molar refractivity (Wildman–Crippen MR) is 413 cm³/mol. The fourth-order valence-corrected chi connectivity index (χ4v) is 18.2. The molecule has 13 rings (SSSR count). The summed E-state index contributed by atoms with van der Waals surface area (Å²) in [6.07, 6.45) is 113. The summed E-state index contributed by atoms with van der Waals surface area (Å²) in [4.78, 5) is 8.28. The predicted octanol–water partition coefficient (Wildman–Crippen LogP) is 24.0. The lowest BCUT2D eigenvalue weighted by Crippen LogP contribution is -2.51. The maximum absolute atomic E-state index is 3.97. The Morgan fingerprint density at radius 2 is 1.33 bits per heavy atom. The van der Waals surface area contributed by atoms with E-state index >= 15 is 0 Å². The third-order valence-corrected chi connectivity index (χ3v) is 23.4. The molecule has 3 fully saturated rings. The normalized spacial score (nSPS) is 28.4. The Morgan fingerprint density at radius 3 is 2.02 bits per heavy atom. The molecule has 0 N–H and O–H groups in total. The van der Waals surface area contributed by atoms with Crippen LogP contribution in [0.3, 0.4) is 0 Å². The van der Waals surface area contributed by atoms with E-state index in [0.29, 0.717) is 24.0 Å². The zero-order valence-electron chi connectivity index (χ0n) is 58.5. The van der Waals surface area contributed by atoms with E-state index in [4.69, 9.17) is 0 Å². The van der Waals surface area contributed by atoms with E-state index in [1.54, 1.807) is 11.1 Å². The first kappa shape index (κ1) is 68.5. The van der Waals surface area contributed by atoms with Gasteiger partial charge in [0.05, 0.1) is 18.1 Å². The summed E-state index contributed by atoms with van der Waals surface area (Å²) in [6.45, 7) is 14.9. The lowest BCUT2D eigenvalue weighted by atomic mass is 9.70. The van der Waals surface area contributed by atoms with Crippen molar-refractivity contribution in [2.75, 3.05) is 6.54 Å². The molecule has 3 heteroatoms. The summed E-state index contributed by atoms with van der Waals surface area (Å²) in [5.74, 6) is 3.86. The van der Waals surface area contributed by atoms with Crippen molar-refractivity contribution >= 4 is 5.57 Å². The Bertz CT molecular complexity index is 3580. The topological polar surface area (TPSA) is 9.72 Å². The first-order valence-electron chi connectivity index (χ1n) is 38.1. The van der Waals surface area contributed by atoms with Crippen molar-refractivity contribution in [1.29, 1.82) is 0 Å². The van der Waals surface area contributed by atoms with Gasteiger partial charge in [-0.15, -0.1) is 0 Å². The molecule has 96 heavy (non-hydrogen) atoms. The van der Waals surface area contributed by atoms with E-state index in [1.807, 2.05) is 30.4 Å². The molecule has 0 heterocycles. The molecule has 7 atom stereocenters. The molecular formula is C93H113N3. The van der Waals surface area contributed by atoms with Gasteiger partial charge in [-0.3, -0.25) is 4.90 Å². The molecule has 0 amide bonds. The van der Waals surface area contributed by atoms with Gasteiger partial charge in [-0.2, -0.15) is 0 Å². The average Bonchev–Trinajstić information content (AvgIpc) is 0.830. The standard InChI is InChI=1S/C65H72N2.C28H41N/c1-4-7-8-14-47-66(65-22-15-20-59-19-12-13-21-64(59)65)60-39-31-56(32-40-60)58-37-45-63(46-38-58)67(61-41-33-55(34-42-61)52-17-10-9-11-18-52)62-43-35-57(36-44-62)54-29-25-50(26-30-54)48-49-23-27-53(28-24-49)51(6-3)16-5-2;1-2-3-4-10-22-29(28-17-11-15-25-14-8-9-16-27(25)28)26-20-18-24(19-21-26)23-12-6-5-7-13-23/h4-8,13-16,20-21,23-25,27-31,33-37,39,41,43,45,47,50,52,61-62,65H,1-3,9-12,17-19,22,26,32,38,40,42,44,46,48H2;2-6,9-10,12,16,24-28H,7-8,11,13-15,17-22H2,1H3/b8-7-,47-14+,51-16+;3-2-,10-4-. The molecule has 3 saturated carbocycles. The van der Waals surface area contributed by atoms with Gasteiger partial charge in [0.2, 0.25) is 0 Å². The number of rotatable bonds is 22. The largest absolute Gasteiger partial charge is 0.361 e. The molecule has 12 aliphatic carbocycles. The molecule has 1 aromatic rings. The van der Waals surface area contributed by atoms with Gasteiger partial charge in [0.1, 0.15) is 0 Å². The molecule has 7 unspecified atom stereocenters. The van der Waals surface area contributed by atoms with Crippen molar-refractivity contribution in [2.45, 2.75) is 210 Å².